The summed E-state index contributed by atoms with van der Waals surface area (Å²) >= 11 is 0. The number of hydrogen-bond donors (Lipinski definition) is 1. The van der Waals surface area contributed by atoms with Crippen molar-refractivity contribution in [1.82, 2.24) is 4.98 Å². The van der Waals surface area contributed by atoms with Crippen LogP contribution >= 0.6 is 0 Å². The van der Waals surface area contributed by atoms with Gasteiger partial charge in [-0.15, -0.1) is 0 Å². The first-order valence-electron chi connectivity index (χ1n) is 11.7. The Morgan fingerprint density at radius 1 is 0.765 bits per heavy atom. The molecule has 0 fully saturated rings. The standard InChI is InChI=1S/C32H28N2/c1-23-13-16-28(17-14-23)33-21-27(20-25-9-5-3-6-10-25)30-22-34-31-18-15-24(2)19-29(31)32(30)26-11-7-4-8-12-26/h3-20,22,33H,21H2,1-2H3/b27-20+. The molecule has 2 nitrogen and oxygen atoms in total. The zero-order valence-corrected chi connectivity index (χ0v) is 19.6. The first-order valence-corrected chi connectivity index (χ1v) is 11.7. The number of hydrogen-bond acceptors (Lipinski definition) is 2. The zero-order chi connectivity index (χ0) is 23.3. The molecular formula is C32H28N2. The summed E-state index contributed by atoms with van der Waals surface area (Å²) in [5.41, 5.74) is 10.5. The smallest absolute Gasteiger partial charge is 0.0708 e. The second-order valence-electron chi connectivity index (χ2n) is 8.73. The molecule has 1 N–H and O–H groups in total. The quantitative estimate of drug-likeness (QED) is 0.288. The maximum Gasteiger partial charge on any atom is 0.0708 e. The molecule has 1 aromatic heterocycles. The summed E-state index contributed by atoms with van der Waals surface area (Å²) in [6, 6.07) is 36.2. The molecule has 1 heterocycles. The van der Waals surface area contributed by atoms with Gasteiger partial charge in [-0.2, -0.15) is 0 Å². The lowest BCUT2D eigenvalue weighted by molar-refractivity contribution is 1.31. The number of aromatic nitrogens is 1. The second kappa shape index (κ2) is 9.76. The summed E-state index contributed by atoms with van der Waals surface area (Å²) in [5.74, 6) is 0. The lowest BCUT2D eigenvalue weighted by Gasteiger charge is -2.18. The van der Waals surface area contributed by atoms with Crippen LogP contribution < -0.4 is 5.32 Å². The summed E-state index contributed by atoms with van der Waals surface area (Å²) in [7, 11) is 0. The van der Waals surface area contributed by atoms with Crippen molar-refractivity contribution in [3.63, 3.8) is 0 Å². The molecule has 166 valence electrons. The molecule has 0 amide bonds. The molecule has 5 aromatic rings. The minimum atomic E-state index is 0.691. The van der Waals surface area contributed by atoms with Crippen LogP contribution in [0.1, 0.15) is 22.3 Å². The molecule has 0 atom stereocenters. The van der Waals surface area contributed by atoms with E-state index in [1.54, 1.807) is 0 Å². The molecule has 0 unspecified atom stereocenters. The molecule has 0 saturated heterocycles. The molecule has 0 aliphatic carbocycles. The third kappa shape index (κ3) is 4.77. The Kier molecular flexibility index (Phi) is 6.22. The summed E-state index contributed by atoms with van der Waals surface area (Å²) in [6.45, 7) is 4.94. The molecule has 0 saturated carbocycles. The summed E-state index contributed by atoms with van der Waals surface area (Å²) in [4.78, 5) is 4.87. The van der Waals surface area contributed by atoms with Crippen LogP contribution in [-0.4, -0.2) is 11.5 Å². The van der Waals surface area contributed by atoms with E-state index in [4.69, 9.17) is 4.98 Å². The van der Waals surface area contributed by atoms with Gasteiger partial charge in [0.15, 0.2) is 0 Å². The third-order valence-corrected chi connectivity index (χ3v) is 6.11. The highest BCUT2D eigenvalue weighted by atomic mass is 14.9. The Bertz CT molecular complexity index is 1430. The van der Waals surface area contributed by atoms with Gasteiger partial charge in [0, 0.05) is 34.9 Å². The summed E-state index contributed by atoms with van der Waals surface area (Å²) < 4.78 is 0. The van der Waals surface area contributed by atoms with Crippen molar-refractivity contribution in [2.45, 2.75) is 13.8 Å². The van der Waals surface area contributed by atoms with E-state index in [1.807, 2.05) is 6.20 Å². The van der Waals surface area contributed by atoms with E-state index >= 15 is 0 Å². The lowest BCUT2D eigenvalue weighted by atomic mass is 9.91. The van der Waals surface area contributed by atoms with E-state index in [1.165, 1.54) is 38.8 Å². The van der Waals surface area contributed by atoms with Gasteiger partial charge < -0.3 is 5.32 Å². The maximum absolute atomic E-state index is 4.87. The fourth-order valence-electron chi connectivity index (χ4n) is 4.31. The third-order valence-electron chi connectivity index (χ3n) is 6.11. The highest BCUT2D eigenvalue weighted by Gasteiger charge is 2.15. The number of aryl methyl sites for hydroxylation is 2. The molecule has 0 aliphatic heterocycles. The van der Waals surface area contributed by atoms with Crippen LogP contribution in [-0.2, 0) is 0 Å². The van der Waals surface area contributed by atoms with Gasteiger partial charge in [0.05, 0.1) is 5.52 Å². The number of anilines is 1. The Balaban J connectivity index is 1.68. The van der Waals surface area contributed by atoms with Crippen molar-refractivity contribution in [1.29, 1.82) is 0 Å². The van der Waals surface area contributed by atoms with Gasteiger partial charge in [0.1, 0.15) is 0 Å². The van der Waals surface area contributed by atoms with Crippen LogP contribution in [0.2, 0.25) is 0 Å². The summed E-state index contributed by atoms with van der Waals surface area (Å²) in [6.07, 6.45) is 4.30. The largest absolute Gasteiger partial charge is 0.381 e. The van der Waals surface area contributed by atoms with E-state index in [0.717, 1.165) is 16.8 Å². The lowest BCUT2D eigenvalue weighted by Crippen LogP contribution is -2.06. The number of pyridine rings is 1. The minimum Gasteiger partial charge on any atom is -0.381 e. The average molecular weight is 441 g/mol. The Hall–Kier alpha value is -4.17. The van der Waals surface area contributed by atoms with Gasteiger partial charge >= 0.3 is 0 Å². The van der Waals surface area contributed by atoms with Gasteiger partial charge in [0.2, 0.25) is 0 Å². The van der Waals surface area contributed by atoms with Crippen LogP contribution in [0.3, 0.4) is 0 Å². The molecule has 34 heavy (non-hydrogen) atoms. The molecule has 5 rings (SSSR count). The van der Waals surface area contributed by atoms with Gasteiger partial charge in [-0.05, 0) is 60.9 Å². The van der Waals surface area contributed by atoms with Crippen molar-refractivity contribution >= 4 is 28.2 Å². The van der Waals surface area contributed by atoms with E-state index < -0.39 is 0 Å². The number of fused-ring (bicyclic) bond motifs is 1. The minimum absolute atomic E-state index is 0.691. The number of benzene rings is 4. The maximum atomic E-state index is 4.87. The summed E-state index contributed by atoms with van der Waals surface area (Å²) in [5, 5.41) is 4.81. The molecule has 0 bridgehead atoms. The van der Waals surface area contributed by atoms with Crippen LogP contribution in [0.5, 0.6) is 0 Å². The number of rotatable bonds is 6. The Labute approximate surface area is 201 Å². The van der Waals surface area contributed by atoms with Gasteiger partial charge in [-0.25, -0.2) is 0 Å². The van der Waals surface area contributed by atoms with Crippen molar-refractivity contribution in [3.05, 3.63) is 132 Å². The van der Waals surface area contributed by atoms with Crippen LogP contribution in [0.25, 0.3) is 33.7 Å². The van der Waals surface area contributed by atoms with E-state index in [0.29, 0.717) is 6.54 Å². The van der Waals surface area contributed by atoms with Crippen LogP contribution in [0.15, 0.2) is 109 Å². The second-order valence-corrected chi connectivity index (χ2v) is 8.73. The molecule has 0 spiro atoms. The van der Waals surface area contributed by atoms with E-state index in [9.17, 15) is 0 Å². The molecule has 2 heteroatoms. The van der Waals surface area contributed by atoms with Gasteiger partial charge in [-0.1, -0.05) is 90.0 Å². The number of nitrogens with zero attached hydrogens (tertiary/aromatic N) is 1. The van der Waals surface area contributed by atoms with Gasteiger partial charge in [0.25, 0.3) is 0 Å². The number of nitrogens with one attached hydrogen (secondary N) is 1. The molecule has 0 aliphatic rings. The monoisotopic (exact) mass is 440 g/mol. The van der Waals surface area contributed by atoms with Crippen molar-refractivity contribution in [2.75, 3.05) is 11.9 Å². The van der Waals surface area contributed by atoms with E-state index in [-0.39, 0.29) is 0 Å². The fraction of sp³-hybridized carbons (Fsp3) is 0.0938. The zero-order valence-electron chi connectivity index (χ0n) is 19.6. The fourth-order valence-corrected chi connectivity index (χ4v) is 4.31. The topological polar surface area (TPSA) is 24.9 Å². The van der Waals surface area contributed by atoms with Crippen LogP contribution in [0, 0.1) is 13.8 Å². The van der Waals surface area contributed by atoms with Crippen molar-refractivity contribution < 1.29 is 0 Å². The van der Waals surface area contributed by atoms with Crippen LogP contribution in [0.4, 0.5) is 5.69 Å². The first-order chi connectivity index (χ1) is 16.7. The SMILES string of the molecule is Cc1ccc(NC/C(=C\c2ccccc2)c2cnc3ccc(C)cc3c2-c2ccccc2)cc1. The molecule has 0 radical (unpaired) electrons. The average Bonchev–Trinajstić information content (AvgIpc) is 2.88. The van der Waals surface area contributed by atoms with E-state index in [2.05, 4.69) is 128 Å². The van der Waals surface area contributed by atoms with Crippen molar-refractivity contribution in [2.24, 2.45) is 0 Å². The Morgan fingerprint density at radius 2 is 1.44 bits per heavy atom. The molecule has 4 aromatic carbocycles. The first kappa shape index (κ1) is 21.7. The Morgan fingerprint density at radius 3 is 2.18 bits per heavy atom. The van der Waals surface area contributed by atoms with Crippen molar-refractivity contribution in [3.8, 4) is 11.1 Å². The van der Waals surface area contributed by atoms with Gasteiger partial charge in [-0.3, -0.25) is 4.98 Å². The molecular weight excluding hydrogens is 412 g/mol. The normalized spacial score (nSPS) is 11.5. The highest BCUT2D eigenvalue weighted by Crippen LogP contribution is 2.36. The predicted molar refractivity (Wildman–Crippen MR) is 146 cm³/mol. The highest BCUT2D eigenvalue weighted by molar-refractivity contribution is 6.02. The predicted octanol–water partition coefficient (Wildman–Crippen LogP) is 8.17.